The molecule has 0 saturated carbocycles. The van der Waals surface area contributed by atoms with Crippen LogP contribution in [-0.2, 0) is 4.74 Å². The molecule has 5 heteroatoms. The van der Waals surface area contributed by atoms with Crippen LogP contribution in [0.2, 0.25) is 0 Å². The van der Waals surface area contributed by atoms with Crippen LogP contribution in [0.25, 0.3) is 0 Å². The van der Waals surface area contributed by atoms with Crippen molar-refractivity contribution < 1.29 is 14.6 Å². The molecular weight excluding hydrogens is 286 g/mol. The number of aryl methyl sites for hydroxylation is 1. The van der Waals surface area contributed by atoms with E-state index >= 15 is 0 Å². The highest BCUT2D eigenvalue weighted by Gasteiger charge is 2.25. The van der Waals surface area contributed by atoms with Crippen molar-refractivity contribution >= 4 is 17.2 Å². The predicted octanol–water partition coefficient (Wildman–Crippen LogP) is 1.90. The third kappa shape index (κ3) is 4.07. The van der Waals surface area contributed by atoms with E-state index in [1.807, 2.05) is 17.9 Å². The molecule has 4 nitrogen and oxygen atoms in total. The summed E-state index contributed by atoms with van der Waals surface area (Å²) in [6.07, 6.45) is 2.15. The van der Waals surface area contributed by atoms with Gasteiger partial charge < -0.3 is 14.7 Å². The van der Waals surface area contributed by atoms with Crippen LogP contribution < -0.4 is 0 Å². The van der Waals surface area contributed by atoms with Gasteiger partial charge in [0.2, 0.25) is 0 Å². The van der Waals surface area contributed by atoms with Crippen molar-refractivity contribution in [1.29, 1.82) is 0 Å². The fraction of sp³-hybridized carbons (Fsp3) is 0.562. The van der Waals surface area contributed by atoms with E-state index < -0.39 is 0 Å². The van der Waals surface area contributed by atoms with Crippen LogP contribution in [0.15, 0.2) is 6.07 Å². The van der Waals surface area contributed by atoms with E-state index in [9.17, 15) is 4.79 Å². The SMILES string of the molecule is COCC1CCCN(C(=O)c2cc(C)c(C#CCO)s2)C1. The van der Waals surface area contributed by atoms with Crippen molar-refractivity contribution in [3.63, 3.8) is 0 Å². The molecule has 1 saturated heterocycles. The summed E-state index contributed by atoms with van der Waals surface area (Å²) in [4.78, 5) is 16.1. The van der Waals surface area contributed by atoms with E-state index in [1.165, 1.54) is 11.3 Å². The molecule has 1 aliphatic heterocycles. The van der Waals surface area contributed by atoms with Gasteiger partial charge in [-0.3, -0.25) is 4.79 Å². The molecule has 1 aromatic rings. The quantitative estimate of drug-likeness (QED) is 0.868. The number of carbonyl (C=O) groups excluding carboxylic acids is 1. The Morgan fingerprint density at radius 1 is 1.62 bits per heavy atom. The molecule has 2 rings (SSSR count). The number of likely N-dealkylation sites (tertiary alicyclic amines) is 1. The molecule has 1 fully saturated rings. The Bertz CT molecular complexity index is 554. The Labute approximate surface area is 129 Å². The number of ether oxygens (including phenoxy) is 1. The average molecular weight is 307 g/mol. The Balaban J connectivity index is 2.09. The monoisotopic (exact) mass is 307 g/mol. The standard InChI is InChI=1S/C16H21NO3S/c1-12-9-15(21-14(12)6-4-8-18)16(19)17-7-3-5-13(10-17)11-20-2/h9,13,18H,3,5,7-8,10-11H2,1-2H3. The van der Waals surface area contributed by atoms with Crippen molar-refractivity contribution in [3.05, 3.63) is 21.4 Å². The van der Waals surface area contributed by atoms with Gasteiger partial charge in [0.15, 0.2) is 0 Å². The normalized spacial score (nSPS) is 18.2. The van der Waals surface area contributed by atoms with E-state index in [-0.39, 0.29) is 12.5 Å². The van der Waals surface area contributed by atoms with E-state index in [1.54, 1.807) is 7.11 Å². The average Bonchev–Trinajstić information content (AvgIpc) is 2.86. The highest BCUT2D eigenvalue weighted by molar-refractivity contribution is 7.14. The van der Waals surface area contributed by atoms with E-state index in [2.05, 4.69) is 11.8 Å². The van der Waals surface area contributed by atoms with E-state index in [0.29, 0.717) is 12.5 Å². The Morgan fingerprint density at radius 3 is 3.14 bits per heavy atom. The van der Waals surface area contributed by atoms with Crippen molar-refractivity contribution in [2.45, 2.75) is 19.8 Å². The zero-order valence-electron chi connectivity index (χ0n) is 12.5. The lowest BCUT2D eigenvalue weighted by Crippen LogP contribution is -2.40. The second-order valence-electron chi connectivity index (χ2n) is 5.30. The molecule has 0 aliphatic carbocycles. The van der Waals surface area contributed by atoms with Crippen LogP contribution in [0, 0.1) is 24.7 Å². The van der Waals surface area contributed by atoms with Crippen LogP contribution in [0.4, 0.5) is 0 Å². The van der Waals surface area contributed by atoms with Crippen molar-refractivity contribution in [1.82, 2.24) is 4.90 Å². The topological polar surface area (TPSA) is 49.8 Å². The maximum atomic E-state index is 12.6. The Kier molecular flexibility index (Phi) is 5.80. The van der Waals surface area contributed by atoms with Crippen LogP contribution in [0.3, 0.4) is 0 Å². The van der Waals surface area contributed by atoms with E-state index in [4.69, 9.17) is 9.84 Å². The van der Waals surface area contributed by atoms with Crippen LogP contribution in [-0.4, -0.2) is 49.3 Å². The largest absolute Gasteiger partial charge is 0.384 e. The van der Waals surface area contributed by atoms with Gasteiger partial charge >= 0.3 is 0 Å². The molecule has 114 valence electrons. The zero-order valence-corrected chi connectivity index (χ0v) is 13.3. The lowest BCUT2D eigenvalue weighted by molar-refractivity contribution is 0.0575. The summed E-state index contributed by atoms with van der Waals surface area (Å²) >= 11 is 1.41. The van der Waals surface area contributed by atoms with Gasteiger partial charge in [-0.15, -0.1) is 11.3 Å². The first-order chi connectivity index (χ1) is 10.2. The summed E-state index contributed by atoms with van der Waals surface area (Å²) < 4.78 is 5.21. The van der Waals surface area contributed by atoms with Crippen molar-refractivity contribution in [3.8, 4) is 11.8 Å². The van der Waals surface area contributed by atoms with Gasteiger partial charge in [0.05, 0.1) is 16.4 Å². The third-order valence-corrected chi connectivity index (χ3v) is 4.76. The zero-order chi connectivity index (χ0) is 15.2. The number of hydrogen-bond acceptors (Lipinski definition) is 4. The summed E-state index contributed by atoms with van der Waals surface area (Å²) in [6, 6.07) is 1.90. The van der Waals surface area contributed by atoms with Gasteiger partial charge in [-0.1, -0.05) is 11.8 Å². The third-order valence-electron chi connectivity index (χ3n) is 3.62. The summed E-state index contributed by atoms with van der Waals surface area (Å²) in [5.74, 6) is 6.05. The molecule has 1 amide bonds. The minimum atomic E-state index is -0.161. The number of carbonyl (C=O) groups is 1. The number of piperidine rings is 1. The van der Waals surface area contributed by atoms with Gasteiger partial charge in [0.25, 0.3) is 5.91 Å². The molecule has 1 aromatic heterocycles. The molecule has 1 atom stereocenters. The number of aliphatic hydroxyl groups is 1. The first kappa shape index (κ1) is 16.0. The predicted molar refractivity (Wildman–Crippen MR) is 83.5 cm³/mol. The second kappa shape index (κ2) is 7.60. The van der Waals surface area contributed by atoms with Crippen LogP contribution in [0.5, 0.6) is 0 Å². The molecule has 0 radical (unpaired) electrons. The summed E-state index contributed by atoms with van der Waals surface area (Å²) in [6.45, 7) is 4.07. The van der Waals surface area contributed by atoms with Crippen molar-refractivity contribution in [2.24, 2.45) is 5.92 Å². The summed E-state index contributed by atoms with van der Waals surface area (Å²) in [5.41, 5.74) is 0.995. The van der Waals surface area contributed by atoms with Gasteiger partial charge in [0.1, 0.15) is 6.61 Å². The van der Waals surface area contributed by atoms with Gasteiger partial charge in [-0.2, -0.15) is 0 Å². The molecule has 2 heterocycles. The van der Waals surface area contributed by atoms with Crippen LogP contribution in [0.1, 0.15) is 33.0 Å². The van der Waals surface area contributed by atoms with Gasteiger partial charge in [0, 0.05) is 20.2 Å². The number of aliphatic hydroxyl groups excluding tert-OH is 1. The van der Waals surface area contributed by atoms with Gasteiger partial charge in [-0.25, -0.2) is 0 Å². The molecule has 21 heavy (non-hydrogen) atoms. The molecular formula is C16H21NO3S. The molecule has 0 aromatic carbocycles. The first-order valence-corrected chi connectivity index (χ1v) is 7.95. The minimum Gasteiger partial charge on any atom is -0.384 e. The molecule has 0 bridgehead atoms. The molecule has 1 aliphatic rings. The number of rotatable bonds is 3. The number of methoxy groups -OCH3 is 1. The maximum absolute atomic E-state index is 12.6. The number of hydrogen-bond donors (Lipinski definition) is 1. The number of thiophene rings is 1. The lowest BCUT2D eigenvalue weighted by atomic mass is 9.99. The minimum absolute atomic E-state index is 0.0842. The van der Waals surface area contributed by atoms with Crippen molar-refractivity contribution in [2.75, 3.05) is 33.4 Å². The second-order valence-corrected chi connectivity index (χ2v) is 6.35. The number of amides is 1. The summed E-state index contributed by atoms with van der Waals surface area (Å²) in [5, 5.41) is 8.76. The molecule has 1 N–H and O–H groups in total. The first-order valence-electron chi connectivity index (χ1n) is 7.14. The fourth-order valence-corrected chi connectivity index (χ4v) is 3.62. The van der Waals surface area contributed by atoms with Gasteiger partial charge in [-0.05, 0) is 37.3 Å². The molecule has 1 unspecified atom stereocenters. The smallest absolute Gasteiger partial charge is 0.263 e. The highest BCUT2D eigenvalue weighted by Crippen LogP contribution is 2.25. The maximum Gasteiger partial charge on any atom is 0.263 e. The summed E-state index contributed by atoms with van der Waals surface area (Å²) in [7, 11) is 1.70. The van der Waals surface area contributed by atoms with Crippen LogP contribution >= 0.6 is 11.3 Å². The number of nitrogens with zero attached hydrogens (tertiary/aromatic N) is 1. The fourth-order valence-electron chi connectivity index (χ4n) is 2.61. The highest BCUT2D eigenvalue weighted by atomic mass is 32.1. The molecule has 0 spiro atoms. The van der Waals surface area contributed by atoms with E-state index in [0.717, 1.165) is 41.2 Å². The lowest BCUT2D eigenvalue weighted by Gasteiger charge is -2.32. The Morgan fingerprint density at radius 2 is 2.43 bits per heavy atom. The Hall–Kier alpha value is -1.35.